The molecule has 0 heterocycles. The number of esters is 1. The Bertz CT molecular complexity index is 977. The van der Waals surface area contributed by atoms with E-state index in [-0.39, 0.29) is 28.5 Å². The van der Waals surface area contributed by atoms with E-state index < -0.39 is 17.3 Å². The van der Waals surface area contributed by atoms with E-state index in [0.717, 1.165) is 25.7 Å². The second-order valence-electron chi connectivity index (χ2n) is 8.24. The molecule has 1 saturated carbocycles. The lowest BCUT2D eigenvalue weighted by molar-refractivity contribution is -0.140. The first-order valence-corrected chi connectivity index (χ1v) is 12.5. The third-order valence-corrected chi connectivity index (χ3v) is 7.39. The van der Waals surface area contributed by atoms with Crippen LogP contribution in [0.3, 0.4) is 0 Å². The van der Waals surface area contributed by atoms with Crippen LogP contribution in [0.5, 0.6) is 0 Å². The molecule has 3 rings (SSSR count). The molecular weight excluding hydrogens is 436 g/mol. The van der Waals surface area contributed by atoms with Crippen LogP contribution in [0, 0.1) is 23.7 Å². The fourth-order valence-corrected chi connectivity index (χ4v) is 5.29. The molecule has 0 spiro atoms. The number of ketones is 1. The molecule has 0 aliphatic heterocycles. The molecule has 2 aliphatic rings. The Balaban J connectivity index is 1.77. The molecule has 0 radical (unpaired) electrons. The van der Waals surface area contributed by atoms with Gasteiger partial charge in [0.1, 0.15) is 0 Å². The predicted molar refractivity (Wildman–Crippen MR) is 128 cm³/mol. The number of allylic oxidation sites excluding steroid dienone is 5. The summed E-state index contributed by atoms with van der Waals surface area (Å²) in [5.74, 6) is 5.17. The maximum Gasteiger partial charge on any atom is 0.305 e. The van der Waals surface area contributed by atoms with Crippen molar-refractivity contribution in [2.75, 3.05) is 7.11 Å². The summed E-state index contributed by atoms with van der Waals surface area (Å²) in [5, 5.41) is 10.5. The first kappa shape index (κ1) is 25.0. The molecule has 6 heteroatoms. The van der Waals surface area contributed by atoms with Gasteiger partial charge < -0.3 is 14.4 Å². The van der Waals surface area contributed by atoms with Crippen LogP contribution in [0.2, 0.25) is 0 Å². The van der Waals surface area contributed by atoms with E-state index in [1.54, 1.807) is 42.5 Å². The molecule has 1 N–H and O–H groups in total. The summed E-state index contributed by atoms with van der Waals surface area (Å²) < 4.78 is 17.7. The molecule has 33 heavy (non-hydrogen) atoms. The SMILES string of the molecule is COC(=O)CCCC#C/C=C1\C(=O)C([S+]([O-])c2ccccc2)=CC1/C=C/C(O)C1CCCC1. The number of rotatable bonds is 8. The first-order chi connectivity index (χ1) is 16.0. The van der Waals surface area contributed by atoms with Crippen LogP contribution in [0.25, 0.3) is 0 Å². The Labute approximate surface area is 198 Å². The molecule has 1 aromatic carbocycles. The standard InChI is InChI=1S/C27H30O5S/c1-32-26(29)16-8-3-2-7-15-23-21(17-18-24(28)20-11-9-10-12-20)19-25(27(23)30)33(31)22-13-5-4-6-14-22/h4-6,13-15,17-21,24,28H,3,8-12,16H2,1H3/b18-17+,23-15-. The summed E-state index contributed by atoms with van der Waals surface area (Å²) in [4.78, 5) is 25.1. The molecule has 174 valence electrons. The number of hydrogen-bond donors (Lipinski definition) is 1. The average molecular weight is 467 g/mol. The van der Waals surface area contributed by atoms with Crippen molar-refractivity contribution in [2.24, 2.45) is 11.8 Å². The topological polar surface area (TPSA) is 86.7 Å². The Hall–Kier alpha value is -2.59. The van der Waals surface area contributed by atoms with E-state index in [1.165, 1.54) is 7.11 Å². The number of unbranched alkanes of at least 4 members (excludes halogenated alkanes) is 1. The van der Waals surface area contributed by atoms with Crippen LogP contribution in [0.4, 0.5) is 0 Å². The van der Waals surface area contributed by atoms with Gasteiger partial charge in [-0.05, 0) is 49.5 Å². The lowest BCUT2D eigenvalue weighted by atomic mass is 9.96. The molecule has 1 aromatic rings. The summed E-state index contributed by atoms with van der Waals surface area (Å²) in [6, 6.07) is 8.89. The summed E-state index contributed by atoms with van der Waals surface area (Å²) in [6.45, 7) is 0. The van der Waals surface area contributed by atoms with Gasteiger partial charge in [0, 0.05) is 35.5 Å². The third kappa shape index (κ3) is 6.94. The van der Waals surface area contributed by atoms with E-state index in [0.29, 0.717) is 29.7 Å². The predicted octanol–water partition coefficient (Wildman–Crippen LogP) is 4.26. The highest BCUT2D eigenvalue weighted by molar-refractivity contribution is 7.96. The van der Waals surface area contributed by atoms with Crippen molar-refractivity contribution in [2.45, 2.75) is 55.9 Å². The minimum absolute atomic E-state index is 0.241. The van der Waals surface area contributed by atoms with Gasteiger partial charge in [-0.15, -0.1) is 0 Å². The van der Waals surface area contributed by atoms with Gasteiger partial charge in [-0.25, -0.2) is 0 Å². The number of methoxy groups -OCH3 is 1. The van der Waals surface area contributed by atoms with Gasteiger partial charge in [-0.2, -0.15) is 0 Å². The van der Waals surface area contributed by atoms with Crippen molar-refractivity contribution in [1.82, 2.24) is 0 Å². The zero-order valence-corrected chi connectivity index (χ0v) is 19.7. The number of benzene rings is 1. The van der Waals surface area contributed by atoms with Crippen LogP contribution in [-0.2, 0) is 25.5 Å². The highest BCUT2D eigenvalue weighted by Crippen LogP contribution is 2.35. The molecule has 5 nitrogen and oxygen atoms in total. The summed E-state index contributed by atoms with van der Waals surface area (Å²) in [6.07, 6.45) is 12.0. The molecule has 0 amide bonds. The number of carbonyl (C=O) groups excluding carboxylic acids is 2. The number of Topliss-reactive ketones (excluding diaryl/α,β-unsaturated/α-hetero) is 1. The van der Waals surface area contributed by atoms with Gasteiger partial charge >= 0.3 is 5.97 Å². The minimum Gasteiger partial charge on any atom is -0.606 e. The van der Waals surface area contributed by atoms with E-state index in [1.807, 2.05) is 12.1 Å². The lowest BCUT2D eigenvalue weighted by Crippen LogP contribution is -2.15. The number of aliphatic hydroxyl groups is 1. The summed E-state index contributed by atoms with van der Waals surface area (Å²) in [7, 11) is 1.35. The number of carbonyl (C=O) groups is 2. The van der Waals surface area contributed by atoms with Gasteiger partial charge in [-0.3, -0.25) is 9.59 Å². The van der Waals surface area contributed by atoms with Crippen LogP contribution in [-0.4, -0.2) is 34.6 Å². The van der Waals surface area contributed by atoms with Crippen molar-refractivity contribution in [3.8, 4) is 11.8 Å². The molecule has 2 aliphatic carbocycles. The molecule has 1 fully saturated rings. The van der Waals surface area contributed by atoms with Crippen LogP contribution in [0.1, 0.15) is 44.9 Å². The van der Waals surface area contributed by atoms with Crippen LogP contribution >= 0.6 is 0 Å². The molecule has 3 unspecified atom stereocenters. The molecule has 0 saturated heterocycles. The zero-order chi connectivity index (χ0) is 23.6. The van der Waals surface area contributed by atoms with Crippen molar-refractivity contribution in [3.63, 3.8) is 0 Å². The maximum atomic E-state index is 13.1. The zero-order valence-electron chi connectivity index (χ0n) is 18.9. The second kappa shape index (κ2) is 12.6. The second-order valence-corrected chi connectivity index (χ2v) is 9.69. The van der Waals surface area contributed by atoms with E-state index in [4.69, 9.17) is 0 Å². The van der Waals surface area contributed by atoms with Crippen LogP contribution < -0.4 is 0 Å². The molecule has 0 bridgehead atoms. The highest BCUT2D eigenvalue weighted by Gasteiger charge is 2.37. The monoisotopic (exact) mass is 466 g/mol. The molecule has 3 atom stereocenters. The normalized spacial score (nSPS) is 21.7. The Morgan fingerprint density at radius 2 is 2.03 bits per heavy atom. The van der Waals surface area contributed by atoms with E-state index >= 15 is 0 Å². The third-order valence-electron chi connectivity index (χ3n) is 5.97. The number of hydrogen-bond acceptors (Lipinski definition) is 5. The van der Waals surface area contributed by atoms with Crippen molar-refractivity contribution >= 4 is 22.9 Å². The van der Waals surface area contributed by atoms with Crippen LogP contribution in [0.15, 0.2) is 70.0 Å². The number of aliphatic hydroxyl groups excluding tert-OH is 1. The van der Waals surface area contributed by atoms with Gasteiger partial charge in [0.2, 0.25) is 10.7 Å². The smallest absolute Gasteiger partial charge is 0.305 e. The minimum atomic E-state index is -1.59. The first-order valence-electron chi connectivity index (χ1n) is 11.4. The molecular formula is C27H30O5S. The molecule has 0 aromatic heterocycles. The van der Waals surface area contributed by atoms with Gasteiger partial charge in [0.25, 0.3) is 0 Å². The van der Waals surface area contributed by atoms with Gasteiger partial charge in [0.05, 0.1) is 13.2 Å². The number of ether oxygens (including phenoxy) is 1. The van der Waals surface area contributed by atoms with Crippen molar-refractivity contribution < 1.29 is 24.0 Å². The quantitative estimate of drug-likeness (QED) is 0.155. The summed E-state index contributed by atoms with van der Waals surface area (Å²) in [5.41, 5.74) is 0.449. The maximum absolute atomic E-state index is 13.1. The lowest BCUT2D eigenvalue weighted by Gasteiger charge is -2.13. The van der Waals surface area contributed by atoms with Crippen molar-refractivity contribution in [3.05, 3.63) is 65.1 Å². The van der Waals surface area contributed by atoms with Crippen molar-refractivity contribution in [1.29, 1.82) is 0 Å². The summed E-state index contributed by atoms with van der Waals surface area (Å²) >= 11 is -1.59. The average Bonchev–Trinajstić information content (AvgIpc) is 3.48. The fraction of sp³-hybridized carbons (Fsp3) is 0.407. The Morgan fingerprint density at radius 3 is 2.73 bits per heavy atom. The van der Waals surface area contributed by atoms with E-state index in [2.05, 4.69) is 16.6 Å². The fourth-order valence-electron chi connectivity index (χ4n) is 4.07. The Kier molecular flexibility index (Phi) is 9.56. The van der Waals surface area contributed by atoms with Gasteiger partial charge in [-0.1, -0.05) is 55.0 Å². The Morgan fingerprint density at radius 1 is 1.30 bits per heavy atom. The highest BCUT2D eigenvalue weighted by atomic mass is 32.2. The van der Waals surface area contributed by atoms with Gasteiger partial charge in [0.15, 0.2) is 4.90 Å². The van der Waals surface area contributed by atoms with E-state index in [9.17, 15) is 19.2 Å². The largest absolute Gasteiger partial charge is 0.606 e.